The predicted molar refractivity (Wildman–Crippen MR) is 79.4 cm³/mol. The SMILES string of the molecule is Cc1cc(OC2CCCc3ccccc32)ncc1Br. The lowest BCUT2D eigenvalue weighted by Gasteiger charge is -2.25. The van der Waals surface area contributed by atoms with Gasteiger partial charge in [0.1, 0.15) is 6.10 Å². The summed E-state index contributed by atoms with van der Waals surface area (Å²) in [5.74, 6) is 0.711. The molecule has 3 rings (SSSR count). The van der Waals surface area contributed by atoms with Crippen LogP contribution in [0.5, 0.6) is 5.88 Å². The highest BCUT2D eigenvalue weighted by atomic mass is 79.9. The zero-order valence-corrected chi connectivity index (χ0v) is 12.5. The number of hydrogen-bond donors (Lipinski definition) is 0. The standard InChI is InChI=1S/C16H16BrNO/c1-11-9-16(18-10-14(11)17)19-15-8-4-6-12-5-2-3-7-13(12)15/h2-3,5,7,9-10,15H,4,6,8H2,1H3. The van der Waals surface area contributed by atoms with Gasteiger partial charge in [0.2, 0.25) is 5.88 Å². The Kier molecular flexibility index (Phi) is 3.56. The van der Waals surface area contributed by atoms with Crippen LogP contribution in [0.2, 0.25) is 0 Å². The topological polar surface area (TPSA) is 22.1 Å². The monoisotopic (exact) mass is 317 g/mol. The number of fused-ring (bicyclic) bond motifs is 1. The minimum Gasteiger partial charge on any atom is -0.469 e. The molecule has 1 aliphatic rings. The van der Waals surface area contributed by atoms with E-state index in [4.69, 9.17) is 4.74 Å². The van der Waals surface area contributed by atoms with Crippen molar-refractivity contribution in [1.29, 1.82) is 0 Å². The Morgan fingerprint density at radius 1 is 1.32 bits per heavy atom. The van der Waals surface area contributed by atoms with Gasteiger partial charge in [-0.25, -0.2) is 4.98 Å². The van der Waals surface area contributed by atoms with Crippen LogP contribution >= 0.6 is 15.9 Å². The Balaban J connectivity index is 1.86. The first-order chi connectivity index (χ1) is 9.24. The van der Waals surface area contributed by atoms with Gasteiger partial charge >= 0.3 is 0 Å². The number of halogens is 1. The van der Waals surface area contributed by atoms with E-state index in [2.05, 4.69) is 45.2 Å². The zero-order valence-electron chi connectivity index (χ0n) is 10.9. The lowest BCUT2D eigenvalue weighted by atomic mass is 9.89. The Morgan fingerprint density at radius 3 is 3.00 bits per heavy atom. The largest absolute Gasteiger partial charge is 0.469 e. The minimum absolute atomic E-state index is 0.137. The molecule has 0 radical (unpaired) electrons. The van der Waals surface area contributed by atoms with Crippen LogP contribution in [0.3, 0.4) is 0 Å². The highest BCUT2D eigenvalue weighted by Crippen LogP contribution is 2.33. The summed E-state index contributed by atoms with van der Waals surface area (Å²) in [6, 6.07) is 10.5. The fourth-order valence-electron chi connectivity index (χ4n) is 2.56. The van der Waals surface area contributed by atoms with Gasteiger partial charge in [-0.3, -0.25) is 0 Å². The molecule has 1 unspecified atom stereocenters. The maximum atomic E-state index is 6.09. The summed E-state index contributed by atoms with van der Waals surface area (Å²) < 4.78 is 7.10. The highest BCUT2D eigenvalue weighted by molar-refractivity contribution is 9.10. The molecule has 2 nitrogen and oxygen atoms in total. The third-order valence-electron chi connectivity index (χ3n) is 3.60. The second kappa shape index (κ2) is 5.33. The molecule has 1 aromatic carbocycles. The van der Waals surface area contributed by atoms with E-state index in [-0.39, 0.29) is 6.10 Å². The number of pyridine rings is 1. The summed E-state index contributed by atoms with van der Waals surface area (Å²) in [5.41, 5.74) is 3.87. The van der Waals surface area contributed by atoms with Gasteiger partial charge in [-0.05, 0) is 58.8 Å². The molecule has 0 aliphatic heterocycles. The molecular weight excluding hydrogens is 302 g/mol. The quantitative estimate of drug-likeness (QED) is 0.807. The number of aromatic nitrogens is 1. The maximum Gasteiger partial charge on any atom is 0.214 e. The summed E-state index contributed by atoms with van der Waals surface area (Å²) in [6.07, 6.45) is 5.34. The summed E-state index contributed by atoms with van der Waals surface area (Å²) in [7, 11) is 0. The van der Waals surface area contributed by atoms with Crippen molar-refractivity contribution >= 4 is 15.9 Å². The van der Waals surface area contributed by atoms with E-state index in [0.717, 1.165) is 22.9 Å². The van der Waals surface area contributed by atoms with E-state index < -0.39 is 0 Å². The number of nitrogens with zero attached hydrogens (tertiary/aromatic N) is 1. The fourth-order valence-corrected chi connectivity index (χ4v) is 2.77. The summed E-state index contributed by atoms with van der Waals surface area (Å²) in [4.78, 5) is 4.34. The van der Waals surface area contributed by atoms with Crippen molar-refractivity contribution in [2.45, 2.75) is 32.3 Å². The highest BCUT2D eigenvalue weighted by Gasteiger charge is 2.21. The Hall–Kier alpha value is -1.35. The van der Waals surface area contributed by atoms with Crippen molar-refractivity contribution in [1.82, 2.24) is 4.98 Å². The van der Waals surface area contributed by atoms with E-state index in [1.807, 2.05) is 13.0 Å². The van der Waals surface area contributed by atoms with Gasteiger partial charge in [0.25, 0.3) is 0 Å². The van der Waals surface area contributed by atoms with E-state index in [1.54, 1.807) is 6.20 Å². The molecule has 19 heavy (non-hydrogen) atoms. The molecule has 3 heteroatoms. The third kappa shape index (κ3) is 2.66. The van der Waals surface area contributed by atoms with Crippen LogP contribution < -0.4 is 4.74 Å². The Labute approximate surface area is 122 Å². The molecule has 0 N–H and O–H groups in total. The van der Waals surface area contributed by atoms with Crippen LogP contribution in [0.1, 0.15) is 35.6 Å². The van der Waals surface area contributed by atoms with Gasteiger partial charge in [-0.1, -0.05) is 24.3 Å². The number of hydrogen-bond acceptors (Lipinski definition) is 2. The lowest BCUT2D eigenvalue weighted by molar-refractivity contribution is 0.175. The minimum atomic E-state index is 0.137. The zero-order chi connectivity index (χ0) is 13.2. The van der Waals surface area contributed by atoms with Crippen molar-refractivity contribution in [2.24, 2.45) is 0 Å². The van der Waals surface area contributed by atoms with Crippen molar-refractivity contribution in [3.8, 4) is 5.88 Å². The number of ether oxygens (including phenoxy) is 1. The molecule has 0 saturated heterocycles. The molecule has 1 heterocycles. The van der Waals surface area contributed by atoms with Gasteiger partial charge in [-0.2, -0.15) is 0 Å². The Bertz CT molecular complexity index is 597. The molecule has 2 aromatic rings. The van der Waals surface area contributed by atoms with Crippen LogP contribution in [-0.2, 0) is 6.42 Å². The molecule has 0 spiro atoms. The van der Waals surface area contributed by atoms with Crippen LogP contribution in [0.25, 0.3) is 0 Å². The summed E-state index contributed by atoms with van der Waals surface area (Å²) >= 11 is 3.46. The molecule has 1 aliphatic carbocycles. The second-order valence-electron chi connectivity index (χ2n) is 4.97. The van der Waals surface area contributed by atoms with Crippen molar-refractivity contribution in [3.63, 3.8) is 0 Å². The predicted octanol–water partition coefficient (Wildman–Crippen LogP) is 4.61. The van der Waals surface area contributed by atoms with Crippen LogP contribution in [-0.4, -0.2) is 4.98 Å². The van der Waals surface area contributed by atoms with E-state index in [1.165, 1.54) is 17.5 Å². The van der Waals surface area contributed by atoms with Gasteiger partial charge < -0.3 is 4.74 Å². The maximum absolute atomic E-state index is 6.09. The average Bonchev–Trinajstić information content (AvgIpc) is 2.43. The van der Waals surface area contributed by atoms with E-state index in [9.17, 15) is 0 Å². The number of aryl methyl sites for hydroxylation is 2. The summed E-state index contributed by atoms with van der Waals surface area (Å²) in [5, 5.41) is 0. The second-order valence-corrected chi connectivity index (χ2v) is 5.82. The van der Waals surface area contributed by atoms with Crippen molar-refractivity contribution in [2.75, 3.05) is 0 Å². The Morgan fingerprint density at radius 2 is 2.16 bits per heavy atom. The van der Waals surface area contributed by atoms with Gasteiger partial charge in [-0.15, -0.1) is 0 Å². The lowest BCUT2D eigenvalue weighted by Crippen LogP contribution is -2.15. The fraction of sp³-hybridized carbons (Fsp3) is 0.312. The molecular formula is C16H16BrNO. The molecule has 0 saturated carbocycles. The van der Waals surface area contributed by atoms with Gasteiger partial charge in [0, 0.05) is 16.7 Å². The van der Waals surface area contributed by atoms with Crippen LogP contribution in [0.4, 0.5) is 0 Å². The molecule has 1 aromatic heterocycles. The van der Waals surface area contributed by atoms with Gasteiger partial charge in [0.05, 0.1) is 0 Å². The first-order valence-electron chi connectivity index (χ1n) is 6.60. The van der Waals surface area contributed by atoms with Crippen molar-refractivity contribution in [3.05, 3.63) is 57.7 Å². The van der Waals surface area contributed by atoms with Gasteiger partial charge in [0.15, 0.2) is 0 Å². The molecule has 0 amide bonds. The smallest absolute Gasteiger partial charge is 0.214 e. The average molecular weight is 318 g/mol. The number of benzene rings is 1. The van der Waals surface area contributed by atoms with Crippen LogP contribution in [0.15, 0.2) is 41.0 Å². The van der Waals surface area contributed by atoms with E-state index >= 15 is 0 Å². The molecule has 0 bridgehead atoms. The van der Waals surface area contributed by atoms with Crippen LogP contribution in [0, 0.1) is 6.92 Å². The first-order valence-corrected chi connectivity index (χ1v) is 7.40. The first kappa shape index (κ1) is 12.7. The van der Waals surface area contributed by atoms with Crippen molar-refractivity contribution < 1.29 is 4.74 Å². The third-order valence-corrected chi connectivity index (χ3v) is 4.43. The molecule has 0 fully saturated rings. The number of rotatable bonds is 2. The molecule has 98 valence electrons. The molecule has 1 atom stereocenters. The summed E-state index contributed by atoms with van der Waals surface area (Å²) in [6.45, 7) is 2.05. The normalized spacial score (nSPS) is 17.9. The van der Waals surface area contributed by atoms with E-state index in [0.29, 0.717) is 5.88 Å².